The van der Waals surface area contributed by atoms with Gasteiger partial charge in [0, 0.05) is 32.2 Å². The van der Waals surface area contributed by atoms with Crippen LogP contribution in [0.1, 0.15) is 25.7 Å². The third-order valence-corrected chi connectivity index (χ3v) is 3.74. The van der Waals surface area contributed by atoms with Crippen molar-refractivity contribution in [1.29, 1.82) is 0 Å². The lowest BCUT2D eigenvalue weighted by Gasteiger charge is -2.37. The van der Waals surface area contributed by atoms with Gasteiger partial charge in [-0.3, -0.25) is 9.69 Å². The van der Waals surface area contributed by atoms with Gasteiger partial charge in [0.15, 0.2) is 0 Å². The van der Waals surface area contributed by atoms with E-state index in [0.717, 1.165) is 12.8 Å². The Morgan fingerprint density at radius 3 is 2.33 bits per heavy atom. The van der Waals surface area contributed by atoms with E-state index in [-0.39, 0.29) is 5.91 Å². The van der Waals surface area contributed by atoms with Crippen LogP contribution < -0.4 is 5.73 Å². The molecule has 4 heteroatoms. The normalized spacial score (nSPS) is 35.5. The van der Waals surface area contributed by atoms with Crippen LogP contribution in [-0.4, -0.2) is 54.5 Å². The number of amides is 1. The number of carbonyl (C=O) groups is 1. The third kappa shape index (κ3) is 2.16. The van der Waals surface area contributed by atoms with E-state index in [9.17, 15) is 4.79 Å². The summed E-state index contributed by atoms with van der Waals surface area (Å²) in [6, 6.07) is 1.47. The van der Waals surface area contributed by atoms with Crippen molar-refractivity contribution in [3.05, 3.63) is 0 Å². The number of nitrogens with zero attached hydrogens (tertiary/aromatic N) is 2. The molecular formula is C11H21N3O. The highest BCUT2D eigenvalue weighted by molar-refractivity contribution is 5.77. The molecule has 0 aromatic rings. The summed E-state index contributed by atoms with van der Waals surface area (Å²) in [7, 11) is 3.64. The van der Waals surface area contributed by atoms with E-state index in [1.807, 2.05) is 14.1 Å². The summed E-state index contributed by atoms with van der Waals surface area (Å²) in [5, 5.41) is 0. The lowest BCUT2D eigenvalue weighted by Crippen LogP contribution is -2.50. The van der Waals surface area contributed by atoms with Crippen molar-refractivity contribution < 1.29 is 4.79 Å². The lowest BCUT2D eigenvalue weighted by molar-refractivity contribution is -0.131. The molecule has 0 aliphatic carbocycles. The quantitative estimate of drug-likeness (QED) is 0.701. The van der Waals surface area contributed by atoms with Crippen molar-refractivity contribution in [2.24, 2.45) is 5.73 Å². The van der Waals surface area contributed by atoms with Crippen LogP contribution in [0, 0.1) is 0 Å². The average Bonchev–Trinajstić information content (AvgIpc) is 2.42. The van der Waals surface area contributed by atoms with Gasteiger partial charge in [-0.25, -0.2) is 0 Å². The monoisotopic (exact) mass is 211 g/mol. The van der Waals surface area contributed by atoms with E-state index < -0.39 is 0 Å². The molecule has 2 saturated heterocycles. The summed E-state index contributed by atoms with van der Waals surface area (Å²) >= 11 is 0. The zero-order valence-electron chi connectivity index (χ0n) is 9.65. The second-order valence-electron chi connectivity index (χ2n) is 5.08. The van der Waals surface area contributed by atoms with Crippen LogP contribution in [0.2, 0.25) is 0 Å². The number of fused-ring (bicyclic) bond motifs is 2. The molecule has 2 aliphatic heterocycles. The third-order valence-electron chi connectivity index (χ3n) is 3.74. The highest BCUT2D eigenvalue weighted by Crippen LogP contribution is 2.34. The highest BCUT2D eigenvalue weighted by Gasteiger charge is 2.40. The summed E-state index contributed by atoms with van der Waals surface area (Å²) in [4.78, 5) is 15.7. The molecule has 86 valence electrons. The van der Waals surface area contributed by atoms with E-state index >= 15 is 0 Å². The van der Waals surface area contributed by atoms with Crippen LogP contribution in [0.3, 0.4) is 0 Å². The standard InChI is InChI=1S/C11H21N3O/c1-13(2)11(15)7-14-9-3-4-10(14)6-8(12)5-9/h8-10H,3-7,12H2,1-2H3/t9-,10-/m0/s1. The number of carbonyl (C=O) groups excluding carboxylic acids is 1. The maximum absolute atomic E-state index is 11.7. The van der Waals surface area contributed by atoms with Crippen LogP contribution in [0.5, 0.6) is 0 Å². The minimum atomic E-state index is 0.211. The molecule has 4 nitrogen and oxygen atoms in total. The van der Waals surface area contributed by atoms with Gasteiger partial charge in [-0.2, -0.15) is 0 Å². The molecule has 0 spiro atoms. The van der Waals surface area contributed by atoms with Gasteiger partial charge in [0.05, 0.1) is 6.54 Å². The molecule has 2 heterocycles. The maximum Gasteiger partial charge on any atom is 0.236 e. The van der Waals surface area contributed by atoms with E-state index in [4.69, 9.17) is 5.73 Å². The van der Waals surface area contributed by atoms with Gasteiger partial charge < -0.3 is 10.6 Å². The van der Waals surface area contributed by atoms with Crippen molar-refractivity contribution in [2.45, 2.75) is 43.8 Å². The molecule has 2 atom stereocenters. The van der Waals surface area contributed by atoms with Crippen LogP contribution in [0.25, 0.3) is 0 Å². The van der Waals surface area contributed by atoms with Crippen molar-refractivity contribution in [2.75, 3.05) is 20.6 Å². The Hall–Kier alpha value is -0.610. The first-order chi connectivity index (χ1) is 7.08. The molecule has 2 rings (SSSR count). The Kier molecular flexibility index (Phi) is 2.98. The molecule has 0 aromatic heterocycles. The van der Waals surface area contributed by atoms with Gasteiger partial charge in [-0.05, 0) is 25.7 Å². The molecule has 0 radical (unpaired) electrons. The van der Waals surface area contributed by atoms with Crippen molar-refractivity contribution in [3.8, 4) is 0 Å². The largest absolute Gasteiger partial charge is 0.348 e. The zero-order chi connectivity index (χ0) is 11.0. The number of piperidine rings is 1. The molecule has 2 bridgehead atoms. The molecule has 2 fully saturated rings. The smallest absolute Gasteiger partial charge is 0.236 e. The Balaban J connectivity index is 1.97. The summed E-state index contributed by atoms with van der Waals surface area (Å²) in [5.41, 5.74) is 5.99. The topological polar surface area (TPSA) is 49.6 Å². The summed E-state index contributed by atoms with van der Waals surface area (Å²) < 4.78 is 0. The number of rotatable bonds is 2. The SMILES string of the molecule is CN(C)C(=O)CN1[C@H]2CC[C@H]1CC(N)C2. The highest BCUT2D eigenvalue weighted by atomic mass is 16.2. The van der Waals surface area contributed by atoms with Gasteiger partial charge in [0.2, 0.25) is 5.91 Å². The Bertz CT molecular complexity index is 240. The van der Waals surface area contributed by atoms with Crippen molar-refractivity contribution in [3.63, 3.8) is 0 Å². The lowest BCUT2D eigenvalue weighted by atomic mass is 9.98. The zero-order valence-corrected chi connectivity index (χ0v) is 9.65. The summed E-state index contributed by atoms with van der Waals surface area (Å²) in [6.07, 6.45) is 4.58. The molecule has 0 unspecified atom stereocenters. The molecule has 0 saturated carbocycles. The first-order valence-electron chi connectivity index (χ1n) is 5.79. The van der Waals surface area contributed by atoms with Crippen LogP contribution in [0.4, 0.5) is 0 Å². The molecule has 15 heavy (non-hydrogen) atoms. The predicted octanol–water partition coefficient (Wildman–Crippen LogP) is 0.0287. The van der Waals surface area contributed by atoms with E-state index in [0.29, 0.717) is 24.7 Å². The fourth-order valence-corrected chi connectivity index (χ4v) is 2.87. The van der Waals surface area contributed by atoms with Crippen molar-refractivity contribution >= 4 is 5.91 Å². The minimum absolute atomic E-state index is 0.211. The van der Waals surface area contributed by atoms with Gasteiger partial charge in [0.1, 0.15) is 0 Å². The van der Waals surface area contributed by atoms with Gasteiger partial charge in [-0.1, -0.05) is 0 Å². The van der Waals surface area contributed by atoms with Crippen molar-refractivity contribution in [1.82, 2.24) is 9.80 Å². The van der Waals surface area contributed by atoms with E-state index in [2.05, 4.69) is 4.90 Å². The summed E-state index contributed by atoms with van der Waals surface area (Å²) in [6.45, 7) is 0.578. The van der Waals surface area contributed by atoms with Gasteiger partial charge in [0.25, 0.3) is 0 Å². The van der Waals surface area contributed by atoms with Gasteiger partial charge >= 0.3 is 0 Å². The van der Waals surface area contributed by atoms with E-state index in [1.54, 1.807) is 4.90 Å². The fourth-order valence-electron chi connectivity index (χ4n) is 2.87. The van der Waals surface area contributed by atoms with E-state index in [1.165, 1.54) is 12.8 Å². The molecule has 1 amide bonds. The second kappa shape index (κ2) is 4.10. The minimum Gasteiger partial charge on any atom is -0.348 e. The molecule has 2 aliphatic rings. The number of likely N-dealkylation sites (N-methyl/N-ethyl adjacent to an activating group) is 1. The van der Waals surface area contributed by atoms with Crippen LogP contribution in [-0.2, 0) is 4.79 Å². The maximum atomic E-state index is 11.7. The average molecular weight is 211 g/mol. The van der Waals surface area contributed by atoms with Crippen LogP contribution in [0.15, 0.2) is 0 Å². The second-order valence-corrected chi connectivity index (χ2v) is 5.08. The molecule has 0 aromatic carbocycles. The Labute approximate surface area is 91.4 Å². The number of hydrogen-bond donors (Lipinski definition) is 1. The Morgan fingerprint density at radius 1 is 1.33 bits per heavy atom. The molecular weight excluding hydrogens is 190 g/mol. The fraction of sp³-hybridized carbons (Fsp3) is 0.909. The number of nitrogens with two attached hydrogens (primary N) is 1. The predicted molar refractivity (Wildman–Crippen MR) is 59.4 cm³/mol. The van der Waals surface area contributed by atoms with Crippen LogP contribution >= 0.6 is 0 Å². The molecule has 2 N–H and O–H groups in total. The summed E-state index contributed by atoms with van der Waals surface area (Å²) in [5.74, 6) is 0.211. The number of hydrogen-bond acceptors (Lipinski definition) is 3. The van der Waals surface area contributed by atoms with Gasteiger partial charge in [-0.15, -0.1) is 0 Å². The first kappa shape index (κ1) is 10.9. The Morgan fingerprint density at radius 2 is 1.87 bits per heavy atom. The first-order valence-corrected chi connectivity index (χ1v) is 5.79.